The van der Waals surface area contributed by atoms with E-state index in [1.807, 2.05) is 48.5 Å². The Balaban J connectivity index is 2.17. The van der Waals surface area contributed by atoms with Gasteiger partial charge in [0.15, 0.2) is 0 Å². The van der Waals surface area contributed by atoms with Crippen LogP contribution in [0.15, 0.2) is 48.5 Å². The van der Waals surface area contributed by atoms with Gasteiger partial charge in [-0.3, -0.25) is 4.79 Å². The molecule has 0 saturated carbocycles. The van der Waals surface area contributed by atoms with Gasteiger partial charge in [-0.05, 0) is 24.1 Å². The zero-order valence-electron chi connectivity index (χ0n) is 9.67. The lowest BCUT2D eigenvalue weighted by molar-refractivity contribution is -0.138. The molecule has 1 aliphatic rings. The lowest BCUT2D eigenvalue weighted by atomic mass is 9.92. The summed E-state index contributed by atoms with van der Waals surface area (Å²) in [6.07, 6.45) is 0.461. The minimum absolute atomic E-state index is 0.461. The van der Waals surface area contributed by atoms with Crippen LogP contribution in [-0.2, 0) is 11.2 Å². The van der Waals surface area contributed by atoms with Crippen molar-refractivity contribution in [3.63, 3.8) is 0 Å². The molecule has 3 rings (SSSR count). The zero-order chi connectivity index (χ0) is 12.5. The standard InChI is InChI=1S/C15H12O3/c16-15(17)12-9-10-5-1-3-7-13(10)18-14-8-4-2-6-11(12)14/h1-8,12H,9H2,(H,16,17). The fourth-order valence-electron chi connectivity index (χ4n) is 2.30. The number of para-hydroxylation sites is 2. The highest BCUT2D eigenvalue weighted by Crippen LogP contribution is 2.39. The van der Waals surface area contributed by atoms with Gasteiger partial charge in [0.2, 0.25) is 0 Å². The summed E-state index contributed by atoms with van der Waals surface area (Å²) in [6.45, 7) is 0. The number of fused-ring (bicyclic) bond motifs is 2. The van der Waals surface area contributed by atoms with Crippen LogP contribution < -0.4 is 4.74 Å². The van der Waals surface area contributed by atoms with Gasteiger partial charge < -0.3 is 9.84 Å². The van der Waals surface area contributed by atoms with Crippen molar-refractivity contribution in [1.82, 2.24) is 0 Å². The Morgan fingerprint density at radius 3 is 2.50 bits per heavy atom. The molecule has 0 bridgehead atoms. The van der Waals surface area contributed by atoms with E-state index in [1.165, 1.54) is 0 Å². The number of hydrogen-bond acceptors (Lipinski definition) is 2. The van der Waals surface area contributed by atoms with E-state index in [-0.39, 0.29) is 0 Å². The largest absolute Gasteiger partial charge is 0.481 e. The molecule has 18 heavy (non-hydrogen) atoms. The van der Waals surface area contributed by atoms with Crippen molar-refractivity contribution < 1.29 is 14.6 Å². The van der Waals surface area contributed by atoms with Crippen LogP contribution in [0.1, 0.15) is 17.0 Å². The Morgan fingerprint density at radius 1 is 1.06 bits per heavy atom. The van der Waals surface area contributed by atoms with Crippen LogP contribution in [-0.4, -0.2) is 11.1 Å². The molecular formula is C15H12O3. The molecule has 0 saturated heterocycles. The number of hydrogen-bond donors (Lipinski definition) is 1. The number of carbonyl (C=O) groups is 1. The number of rotatable bonds is 1. The van der Waals surface area contributed by atoms with Gasteiger partial charge in [-0.1, -0.05) is 36.4 Å². The molecule has 0 fully saturated rings. The highest BCUT2D eigenvalue weighted by molar-refractivity contribution is 5.78. The summed E-state index contributed by atoms with van der Waals surface area (Å²) in [5.74, 6) is 0.0103. The summed E-state index contributed by atoms with van der Waals surface area (Å²) in [4.78, 5) is 11.4. The van der Waals surface area contributed by atoms with E-state index in [2.05, 4.69) is 0 Å². The first-order valence-electron chi connectivity index (χ1n) is 5.83. The summed E-state index contributed by atoms with van der Waals surface area (Å²) < 4.78 is 5.82. The van der Waals surface area contributed by atoms with Gasteiger partial charge in [-0.15, -0.1) is 0 Å². The fourth-order valence-corrected chi connectivity index (χ4v) is 2.30. The molecule has 1 heterocycles. The molecule has 3 nitrogen and oxygen atoms in total. The third kappa shape index (κ3) is 1.74. The Labute approximate surface area is 105 Å². The smallest absolute Gasteiger partial charge is 0.311 e. The summed E-state index contributed by atoms with van der Waals surface area (Å²) >= 11 is 0. The lowest BCUT2D eigenvalue weighted by Crippen LogP contribution is -2.13. The molecule has 1 aliphatic heterocycles. The van der Waals surface area contributed by atoms with E-state index in [9.17, 15) is 9.90 Å². The van der Waals surface area contributed by atoms with E-state index < -0.39 is 11.9 Å². The molecule has 1 atom stereocenters. The molecule has 0 spiro atoms. The minimum atomic E-state index is -0.817. The van der Waals surface area contributed by atoms with Crippen LogP contribution >= 0.6 is 0 Å². The molecular weight excluding hydrogens is 228 g/mol. The third-order valence-corrected chi connectivity index (χ3v) is 3.21. The summed E-state index contributed by atoms with van der Waals surface area (Å²) in [5.41, 5.74) is 1.67. The average Bonchev–Trinajstić information content (AvgIpc) is 2.55. The van der Waals surface area contributed by atoms with Crippen molar-refractivity contribution in [2.45, 2.75) is 12.3 Å². The molecule has 1 N–H and O–H groups in total. The number of aliphatic carboxylic acids is 1. The topological polar surface area (TPSA) is 46.5 Å². The maximum absolute atomic E-state index is 11.4. The maximum Gasteiger partial charge on any atom is 0.311 e. The predicted molar refractivity (Wildman–Crippen MR) is 67.0 cm³/mol. The quantitative estimate of drug-likeness (QED) is 0.832. The molecule has 90 valence electrons. The molecule has 0 aliphatic carbocycles. The van der Waals surface area contributed by atoms with Crippen molar-refractivity contribution in [3.8, 4) is 11.5 Å². The second kappa shape index (κ2) is 4.18. The SMILES string of the molecule is O=C(O)C1Cc2ccccc2Oc2ccccc21. The molecule has 0 amide bonds. The van der Waals surface area contributed by atoms with Crippen LogP contribution in [0.4, 0.5) is 0 Å². The molecule has 2 aromatic carbocycles. The molecule has 0 aromatic heterocycles. The van der Waals surface area contributed by atoms with Gasteiger partial charge in [0.1, 0.15) is 11.5 Å². The fraction of sp³-hybridized carbons (Fsp3) is 0.133. The highest BCUT2D eigenvalue weighted by atomic mass is 16.5. The Kier molecular flexibility index (Phi) is 2.52. The summed E-state index contributed by atoms with van der Waals surface area (Å²) in [7, 11) is 0. The third-order valence-electron chi connectivity index (χ3n) is 3.21. The molecule has 0 radical (unpaired) electrons. The van der Waals surface area contributed by atoms with Crippen molar-refractivity contribution in [2.24, 2.45) is 0 Å². The van der Waals surface area contributed by atoms with Crippen LogP contribution in [0.5, 0.6) is 11.5 Å². The van der Waals surface area contributed by atoms with Gasteiger partial charge in [0.05, 0.1) is 5.92 Å². The molecule has 2 aromatic rings. The number of benzene rings is 2. The predicted octanol–water partition coefficient (Wildman–Crippen LogP) is 3.20. The van der Waals surface area contributed by atoms with Gasteiger partial charge in [-0.2, -0.15) is 0 Å². The second-order valence-corrected chi connectivity index (χ2v) is 4.34. The van der Waals surface area contributed by atoms with Gasteiger partial charge >= 0.3 is 5.97 Å². The Bertz CT molecular complexity index is 604. The monoisotopic (exact) mass is 240 g/mol. The van der Waals surface area contributed by atoms with Gasteiger partial charge in [0.25, 0.3) is 0 Å². The van der Waals surface area contributed by atoms with Gasteiger partial charge in [0, 0.05) is 5.56 Å². The Hall–Kier alpha value is -2.29. The summed E-state index contributed by atoms with van der Waals surface area (Å²) in [5, 5.41) is 9.38. The van der Waals surface area contributed by atoms with Crippen molar-refractivity contribution in [2.75, 3.05) is 0 Å². The van der Waals surface area contributed by atoms with E-state index >= 15 is 0 Å². The van der Waals surface area contributed by atoms with Crippen LogP contribution in [0.25, 0.3) is 0 Å². The van der Waals surface area contributed by atoms with Crippen LogP contribution in [0.2, 0.25) is 0 Å². The molecule has 1 unspecified atom stereocenters. The average molecular weight is 240 g/mol. The second-order valence-electron chi connectivity index (χ2n) is 4.34. The Morgan fingerprint density at radius 2 is 1.72 bits per heavy atom. The maximum atomic E-state index is 11.4. The van der Waals surface area contributed by atoms with Gasteiger partial charge in [-0.25, -0.2) is 0 Å². The van der Waals surface area contributed by atoms with E-state index in [4.69, 9.17) is 4.74 Å². The first-order valence-corrected chi connectivity index (χ1v) is 5.83. The van der Waals surface area contributed by atoms with Crippen LogP contribution in [0.3, 0.4) is 0 Å². The first-order chi connectivity index (χ1) is 8.75. The van der Waals surface area contributed by atoms with E-state index in [0.29, 0.717) is 12.2 Å². The molecule has 3 heteroatoms. The number of carboxylic acids is 1. The van der Waals surface area contributed by atoms with Crippen LogP contribution in [0, 0.1) is 0 Å². The first kappa shape index (κ1) is 10.8. The van der Waals surface area contributed by atoms with Crippen molar-refractivity contribution in [3.05, 3.63) is 59.7 Å². The lowest BCUT2D eigenvalue weighted by Gasteiger charge is -2.11. The zero-order valence-corrected chi connectivity index (χ0v) is 9.67. The van der Waals surface area contributed by atoms with E-state index in [1.54, 1.807) is 0 Å². The number of carboxylic acid groups (broad SMARTS) is 1. The van der Waals surface area contributed by atoms with Crippen molar-refractivity contribution >= 4 is 5.97 Å². The number of ether oxygens (including phenoxy) is 1. The highest BCUT2D eigenvalue weighted by Gasteiger charge is 2.28. The normalized spacial score (nSPS) is 17.0. The van der Waals surface area contributed by atoms with E-state index in [0.717, 1.165) is 16.9 Å². The van der Waals surface area contributed by atoms with Crippen molar-refractivity contribution in [1.29, 1.82) is 0 Å². The summed E-state index contributed by atoms with van der Waals surface area (Å²) in [6, 6.07) is 14.9. The minimum Gasteiger partial charge on any atom is -0.481 e.